The minimum absolute atomic E-state index is 0. The predicted molar refractivity (Wildman–Crippen MR) is 140 cm³/mol. The topological polar surface area (TPSA) is 88.3 Å². The van der Waals surface area contributed by atoms with Crippen LogP contribution < -0.4 is 16.0 Å². The lowest BCUT2D eigenvalue weighted by Crippen LogP contribution is -2.38. The summed E-state index contributed by atoms with van der Waals surface area (Å²) in [5, 5.41) is 3.18. The fourth-order valence-corrected chi connectivity index (χ4v) is 4.60. The van der Waals surface area contributed by atoms with E-state index in [9.17, 15) is 18.4 Å². The minimum Gasteiger partial charge on any atom is -0.375 e. The van der Waals surface area contributed by atoms with Gasteiger partial charge in [0.2, 0.25) is 5.91 Å². The number of halogens is 4. The summed E-state index contributed by atoms with van der Waals surface area (Å²) in [7, 11) is 0. The number of anilines is 3. The van der Waals surface area contributed by atoms with Crippen molar-refractivity contribution in [2.45, 2.75) is 0 Å². The van der Waals surface area contributed by atoms with E-state index in [0.29, 0.717) is 22.2 Å². The van der Waals surface area contributed by atoms with E-state index in [2.05, 4.69) is 26.2 Å². The molecule has 0 atom stereocenters. The SMILES string of the molecule is Cl.Nc1nc(-c2ccc(NC(=O)CN(C(=O)c3ccc(F)cc3)c3ccc(F)cc3)cc2)c(Br)s1. The molecule has 0 radical (unpaired) electrons. The number of nitrogen functional groups attached to an aromatic ring is 1. The maximum Gasteiger partial charge on any atom is 0.258 e. The Labute approximate surface area is 218 Å². The van der Waals surface area contributed by atoms with Crippen LogP contribution in [0.15, 0.2) is 76.6 Å². The molecule has 0 unspecified atom stereocenters. The highest BCUT2D eigenvalue weighted by atomic mass is 79.9. The summed E-state index contributed by atoms with van der Waals surface area (Å²) in [5.74, 6) is -1.95. The molecule has 0 saturated carbocycles. The van der Waals surface area contributed by atoms with Crippen LogP contribution in [0.2, 0.25) is 0 Å². The normalized spacial score (nSPS) is 10.4. The van der Waals surface area contributed by atoms with Crippen molar-refractivity contribution in [2.75, 3.05) is 22.5 Å². The number of nitrogens with zero attached hydrogens (tertiary/aromatic N) is 2. The maximum absolute atomic E-state index is 13.4. The molecule has 4 aromatic rings. The van der Waals surface area contributed by atoms with Crippen molar-refractivity contribution in [3.63, 3.8) is 0 Å². The number of nitrogens with two attached hydrogens (primary N) is 1. The zero-order valence-electron chi connectivity index (χ0n) is 17.9. The van der Waals surface area contributed by atoms with Crippen molar-refractivity contribution in [3.05, 3.63) is 93.8 Å². The van der Waals surface area contributed by atoms with Gasteiger partial charge in [-0.3, -0.25) is 14.5 Å². The first-order chi connectivity index (χ1) is 16.3. The van der Waals surface area contributed by atoms with Gasteiger partial charge in [-0.2, -0.15) is 0 Å². The molecule has 180 valence electrons. The van der Waals surface area contributed by atoms with Gasteiger partial charge in [0, 0.05) is 22.5 Å². The molecule has 35 heavy (non-hydrogen) atoms. The van der Waals surface area contributed by atoms with E-state index in [1.54, 1.807) is 24.3 Å². The van der Waals surface area contributed by atoms with Gasteiger partial charge in [-0.1, -0.05) is 23.5 Å². The van der Waals surface area contributed by atoms with Gasteiger partial charge >= 0.3 is 0 Å². The second-order valence-electron chi connectivity index (χ2n) is 7.17. The van der Waals surface area contributed by atoms with Crippen LogP contribution in [0.25, 0.3) is 11.3 Å². The van der Waals surface area contributed by atoms with E-state index >= 15 is 0 Å². The number of hydrogen-bond donors (Lipinski definition) is 2. The van der Waals surface area contributed by atoms with Crippen LogP contribution in [-0.2, 0) is 4.79 Å². The average molecular weight is 580 g/mol. The lowest BCUT2D eigenvalue weighted by molar-refractivity contribution is -0.114. The first-order valence-corrected chi connectivity index (χ1v) is 11.6. The van der Waals surface area contributed by atoms with Gasteiger partial charge < -0.3 is 11.1 Å². The third kappa shape index (κ3) is 6.41. The monoisotopic (exact) mass is 578 g/mol. The van der Waals surface area contributed by atoms with Crippen molar-refractivity contribution >= 4 is 68.0 Å². The Morgan fingerprint density at radius 1 is 0.943 bits per heavy atom. The molecule has 0 aliphatic heterocycles. The Bertz CT molecular complexity index is 1330. The molecule has 0 fully saturated rings. The lowest BCUT2D eigenvalue weighted by atomic mass is 10.1. The van der Waals surface area contributed by atoms with Gasteiger partial charge in [-0.25, -0.2) is 13.8 Å². The Morgan fingerprint density at radius 2 is 1.51 bits per heavy atom. The highest BCUT2D eigenvalue weighted by molar-refractivity contribution is 9.11. The molecule has 11 heteroatoms. The summed E-state index contributed by atoms with van der Waals surface area (Å²) in [6.07, 6.45) is 0. The standard InChI is InChI=1S/C24H17BrF2N4O2S.ClH/c25-22-21(30-24(28)34-22)14-3-9-18(10-4-14)29-20(32)13-31(19-11-7-17(27)8-12-19)23(33)15-1-5-16(26)6-2-15;/h1-12H,13H2,(H2,28,30)(H,29,32);1H. The Hall–Kier alpha value is -3.34. The van der Waals surface area contributed by atoms with Crippen LogP contribution in [0.3, 0.4) is 0 Å². The molecule has 3 aromatic carbocycles. The third-order valence-corrected chi connectivity index (χ3v) is 6.35. The van der Waals surface area contributed by atoms with E-state index in [-0.39, 0.29) is 24.5 Å². The van der Waals surface area contributed by atoms with Gasteiger partial charge in [-0.05, 0) is 76.6 Å². The van der Waals surface area contributed by atoms with Crippen molar-refractivity contribution in [1.82, 2.24) is 4.98 Å². The zero-order chi connectivity index (χ0) is 24.2. The van der Waals surface area contributed by atoms with Crippen LogP contribution in [0.4, 0.5) is 25.3 Å². The molecule has 0 spiro atoms. The highest BCUT2D eigenvalue weighted by Crippen LogP contribution is 2.34. The van der Waals surface area contributed by atoms with Crippen molar-refractivity contribution in [3.8, 4) is 11.3 Å². The summed E-state index contributed by atoms with van der Waals surface area (Å²) >= 11 is 4.75. The molecule has 0 bridgehead atoms. The molecule has 1 aromatic heterocycles. The first-order valence-electron chi connectivity index (χ1n) is 9.95. The second kappa shape index (κ2) is 11.4. The van der Waals surface area contributed by atoms with Gasteiger partial charge in [-0.15, -0.1) is 12.4 Å². The second-order valence-corrected chi connectivity index (χ2v) is 9.52. The van der Waals surface area contributed by atoms with Gasteiger partial charge in [0.15, 0.2) is 5.13 Å². The number of thiazole rings is 1. The van der Waals surface area contributed by atoms with Crippen molar-refractivity contribution in [1.29, 1.82) is 0 Å². The molecular formula is C24H18BrClF2N4O2S. The van der Waals surface area contributed by atoms with E-state index in [1.807, 2.05) is 0 Å². The number of carbonyl (C=O) groups excluding carboxylic acids is 2. The summed E-state index contributed by atoms with van der Waals surface area (Å²) in [6, 6.07) is 17.2. The Kier molecular flexibility index (Phi) is 8.55. The zero-order valence-corrected chi connectivity index (χ0v) is 21.1. The quantitative estimate of drug-likeness (QED) is 0.287. The number of benzene rings is 3. The van der Waals surface area contributed by atoms with Crippen molar-refractivity contribution in [2.24, 2.45) is 0 Å². The fraction of sp³-hybridized carbons (Fsp3) is 0.0417. The average Bonchev–Trinajstić information content (AvgIpc) is 3.16. The van der Waals surface area contributed by atoms with Crippen LogP contribution in [-0.4, -0.2) is 23.3 Å². The summed E-state index contributed by atoms with van der Waals surface area (Å²) in [4.78, 5) is 31.3. The van der Waals surface area contributed by atoms with E-state index in [1.165, 1.54) is 52.6 Å². The fourth-order valence-electron chi connectivity index (χ4n) is 3.20. The lowest BCUT2D eigenvalue weighted by Gasteiger charge is -2.22. The maximum atomic E-state index is 13.4. The Balaban J connectivity index is 0.00000342. The predicted octanol–water partition coefficient (Wildman–Crippen LogP) is 6.14. The van der Waals surface area contributed by atoms with Crippen LogP contribution >= 0.6 is 39.7 Å². The summed E-state index contributed by atoms with van der Waals surface area (Å²) < 4.78 is 27.5. The van der Waals surface area contributed by atoms with Gasteiger partial charge in [0.25, 0.3) is 5.91 Å². The number of nitrogens with one attached hydrogen (secondary N) is 1. The minimum atomic E-state index is -0.525. The van der Waals surface area contributed by atoms with Gasteiger partial charge in [0.1, 0.15) is 18.2 Å². The third-order valence-electron chi connectivity index (χ3n) is 4.82. The number of hydrogen-bond acceptors (Lipinski definition) is 5. The van der Waals surface area contributed by atoms with Crippen LogP contribution in [0, 0.1) is 11.6 Å². The number of amides is 2. The summed E-state index contributed by atoms with van der Waals surface area (Å²) in [6.45, 7) is -0.336. The molecule has 3 N–H and O–H groups in total. The molecule has 0 aliphatic rings. The molecule has 4 rings (SSSR count). The molecule has 6 nitrogen and oxygen atoms in total. The number of aromatic nitrogens is 1. The van der Waals surface area contributed by atoms with E-state index in [0.717, 1.165) is 21.5 Å². The van der Waals surface area contributed by atoms with E-state index < -0.39 is 23.4 Å². The molecule has 0 aliphatic carbocycles. The highest BCUT2D eigenvalue weighted by Gasteiger charge is 2.21. The molecule has 1 heterocycles. The smallest absolute Gasteiger partial charge is 0.258 e. The first kappa shape index (κ1) is 26.3. The van der Waals surface area contributed by atoms with Crippen LogP contribution in [0.1, 0.15) is 10.4 Å². The van der Waals surface area contributed by atoms with Gasteiger partial charge in [0.05, 0.1) is 9.48 Å². The molecule has 2 amide bonds. The molecule has 0 saturated heterocycles. The largest absolute Gasteiger partial charge is 0.375 e. The summed E-state index contributed by atoms with van der Waals surface area (Å²) in [5.41, 5.74) is 8.29. The van der Waals surface area contributed by atoms with Crippen molar-refractivity contribution < 1.29 is 18.4 Å². The number of carbonyl (C=O) groups is 2. The van der Waals surface area contributed by atoms with Crippen LogP contribution in [0.5, 0.6) is 0 Å². The number of rotatable bonds is 6. The Morgan fingerprint density at radius 3 is 2.06 bits per heavy atom. The molecular weight excluding hydrogens is 562 g/mol. The van der Waals surface area contributed by atoms with E-state index in [4.69, 9.17) is 5.73 Å².